The molecule has 5 heteroatoms. The Bertz CT molecular complexity index is 158. The van der Waals surface area contributed by atoms with Crippen LogP contribution in [0.1, 0.15) is 6.92 Å². The van der Waals surface area contributed by atoms with Gasteiger partial charge in [0.1, 0.15) is 0 Å². The molecule has 0 saturated carbocycles. The fourth-order valence-electron chi connectivity index (χ4n) is 0.370. The molecule has 1 atom stereocenters. The van der Waals surface area contributed by atoms with E-state index in [2.05, 4.69) is 15.4 Å². The molecule has 1 unspecified atom stereocenters. The number of carbonyl (C=O) groups is 1. The molecule has 0 aromatic carbocycles. The maximum Gasteiger partial charge on any atom is 0.413 e. The zero-order valence-electron chi connectivity index (χ0n) is 6.89. The Kier molecular flexibility index (Phi) is 4.21. The molecule has 0 rings (SSSR count). The lowest BCUT2D eigenvalue weighted by Gasteiger charge is -2.10. The van der Waals surface area contributed by atoms with E-state index in [-0.39, 0.29) is 11.9 Å². The molecule has 0 aliphatic heterocycles. The minimum absolute atomic E-state index is 0.0909. The monoisotopic (exact) mass is 159 g/mol. The van der Waals surface area contributed by atoms with E-state index in [1.807, 2.05) is 0 Å². The molecule has 64 valence electrons. The lowest BCUT2D eigenvalue weighted by atomic mass is 10.3. The van der Waals surface area contributed by atoms with Crippen molar-refractivity contribution in [1.29, 1.82) is 5.41 Å². The number of amides is 1. The molecule has 5 nitrogen and oxygen atoms in total. The molecule has 0 fully saturated rings. The molecule has 0 saturated heterocycles. The molecule has 0 aliphatic carbocycles. The number of hydrogen-bond donors (Lipinski definition) is 3. The number of alkyl carbamates (subject to hydrolysis) is 1. The Morgan fingerprint density at radius 2 is 2.09 bits per heavy atom. The number of ether oxygens (including phenoxy) is 1. The van der Waals surface area contributed by atoms with Gasteiger partial charge in [0.2, 0.25) is 5.90 Å². The first-order chi connectivity index (χ1) is 5.11. The molecular weight excluding hydrogens is 146 g/mol. The second kappa shape index (κ2) is 4.68. The maximum absolute atomic E-state index is 10.5. The third-order valence-corrected chi connectivity index (χ3v) is 1.23. The van der Waals surface area contributed by atoms with Gasteiger partial charge in [-0.15, -0.1) is 0 Å². The fraction of sp³-hybridized carbons (Fsp3) is 0.667. The van der Waals surface area contributed by atoms with Gasteiger partial charge in [-0.3, -0.25) is 5.41 Å². The van der Waals surface area contributed by atoms with Crippen molar-refractivity contribution in [2.75, 3.05) is 14.1 Å². The van der Waals surface area contributed by atoms with Crippen LogP contribution in [0.2, 0.25) is 0 Å². The fourth-order valence-corrected chi connectivity index (χ4v) is 0.370. The Morgan fingerprint density at radius 3 is 2.45 bits per heavy atom. The summed E-state index contributed by atoms with van der Waals surface area (Å²) in [5, 5.41) is 12.2. The van der Waals surface area contributed by atoms with Gasteiger partial charge in [0.15, 0.2) is 0 Å². The molecule has 0 heterocycles. The molecule has 0 spiro atoms. The Hall–Kier alpha value is -1.10. The van der Waals surface area contributed by atoms with Crippen molar-refractivity contribution in [2.45, 2.75) is 13.0 Å². The first-order valence-corrected chi connectivity index (χ1v) is 3.27. The molecule has 1 amide bonds. The van der Waals surface area contributed by atoms with Gasteiger partial charge in [-0.25, -0.2) is 4.79 Å². The van der Waals surface area contributed by atoms with Crippen molar-refractivity contribution >= 4 is 12.0 Å². The lowest BCUT2D eigenvalue weighted by molar-refractivity contribution is 0.197. The van der Waals surface area contributed by atoms with Crippen LogP contribution in [0.15, 0.2) is 0 Å². The van der Waals surface area contributed by atoms with E-state index < -0.39 is 6.09 Å². The summed E-state index contributed by atoms with van der Waals surface area (Å²) in [5.41, 5.74) is 0. The molecule has 11 heavy (non-hydrogen) atoms. The van der Waals surface area contributed by atoms with Crippen molar-refractivity contribution in [3.05, 3.63) is 0 Å². The van der Waals surface area contributed by atoms with E-state index in [0.29, 0.717) is 0 Å². The summed E-state index contributed by atoms with van der Waals surface area (Å²) in [6, 6.07) is -0.243. The summed E-state index contributed by atoms with van der Waals surface area (Å²) in [5.74, 6) is -0.0909. The van der Waals surface area contributed by atoms with Crippen molar-refractivity contribution in [1.82, 2.24) is 10.6 Å². The van der Waals surface area contributed by atoms with Gasteiger partial charge >= 0.3 is 6.09 Å². The second-order valence-electron chi connectivity index (χ2n) is 2.01. The third kappa shape index (κ3) is 3.57. The van der Waals surface area contributed by atoms with Crippen LogP contribution in [0.4, 0.5) is 4.79 Å². The first-order valence-electron chi connectivity index (χ1n) is 3.27. The summed E-state index contributed by atoms with van der Waals surface area (Å²) in [7, 11) is 3.13. The minimum atomic E-state index is -0.614. The van der Waals surface area contributed by atoms with Gasteiger partial charge < -0.3 is 15.4 Å². The average molecular weight is 159 g/mol. The van der Waals surface area contributed by atoms with Gasteiger partial charge in [-0.1, -0.05) is 0 Å². The number of hydrogen-bond acceptors (Lipinski definition) is 4. The van der Waals surface area contributed by atoms with Crippen LogP contribution in [-0.4, -0.2) is 32.1 Å². The van der Waals surface area contributed by atoms with E-state index in [9.17, 15) is 4.79 Å². The Labute approximate surface area is 65.6 Å². The second-order valence-corrected chi connectivity index (χ2v) is 2.01. The predicted molar refractivity (Wildman–Crippen MR) is 41.8 cm³/mol. The minimum Gasteiger partial charge on any atom is -0.394 e. The van der Waals surface area contributed by atoms with Crippen LogP contribution < -0.4 is 10.6 Å². The highest BCUT2D eigenvalue weighted by Gasteiger charge is 2.10. The molecule has 0 bridgehead atoms. The van der Waals surface area contributed by atoms with E-state index in [4.69, 9.17) is 5.41 Å². The van der Waals surface area contributed by atoms with E-state index in [0.717, 1.165) is 0 Å². The Balaban J connectivity index is 3.77. The van der Waals surface area contributed by atoms with Crippen LogP contribution in [0.25, 0.3) is 0 Å². The molecule has 3 N–H and O–H groups in total. The van der Waals surface area contributed by atoms with Gasteiger partial charge in [-0.2, -0.15) is 0 Å². The van der Waals surface area contributed by atoms with Crippen molar-refractivity contribution in [3.63, 3.8) is 0 Å². The molecule has 0 aliphatic rings. The first kappa shape index (κ1) is 9.90. The zero-order chi connectivity index (χ0) is 8.85. The maximum atomic E-state index is 10.5. The summed E-state index contributed by atoms with van der Waals surface area (Å²) in [6.45, 7) is 1.73. The largest absolute Gasteiger partial charge is 0.413 e. The predicted octanol–water partition coefficient (Wildman–Crippen LogP) is -0.0724. The number of likely N-dealkylation sites (N-methyl/N-ethyl adjacent to an activating group) is 1. The standard InChI is InChI=1S/C6H13N3O2/c1-4(8-2)5(7)11-6(10)9-3/h4,7-8H,1-3H3,(H,9,10). The smallest absolute Gasteiger partial charge is 0.394 e. The molecule has 0 aromatic heterocycles. The molecular formula is C6H13N3O2. The van der Waals surface area contributed by atoms with Gasteiger partial charge in [0, 0.05) is 7.05 Å². The Morgan fingerprint density at radius 1 is 1.55 bits per heavy atom. The normalized spacial score (nSPS) is 11.9. The number of nitrogens with one attached hydrogen (secondary N) is 3. The summed E-state index contributed by atoms with van der Waals surface area (Å²) >= 11 is 0. The quantitative estimate of drug-likeness (QED) is 0.390. The highest BCUT2D eigenvalue weighted by Crippen LogP contribution is 1.87. The summed E-state index contributed by atoms with van der Waals surface area (Å²) in [6.07, 6.45) is -0.614. The van der Waals surface area contributed by atoms with Gasteiger partial charge in [0.05, 0.1) is 6.04 Å². The molecule has 0 aromatic rings. The summed E-state index contributed by atoms with van der Waals surface area (Å²) < 4.78 is 4.52. The van der Waals surface area contributed by atoms with Crippen LogP contribution in [0.3, 0.4) is 0 Å². The third-order valence-electron chi connectivity index (χ3n) is 1.23. The highest BCUT2D eigenvalue weighted by molar-refractivity contribution is 5.89. The van der Waals surface area contributed by atoms with Crippen LogP contribution in [0, 0.1) is 5.41 Å². The average Bonchev–Trinajstić information content (AvgIpc) is 2.02. The van der Waals surface area contributed by atoms with Crippen molar-refractivity contribution in [2.24, 2.45) is 0 Å². The van der Waals surface area contributed by atoms with Crippen LogP contribution in [0.5, 0.6) is 0 Å². The van der Waals surface area contributed by atoms with Gasteiger partial charge in [0.25, 0.3) is 0 Å². The topological polar surface area (TPSA) is 74.2 Å². The van der Waals surface area contributed by atoms with Crippen LogP contribution in [-0.2, 0) is 4.74 Å². The number of rotatable bonds is 2. The van der Waals surface area contributed by atoms with E-state index in [1.54, 1.807) is 14.0 Å². The van der Waals surface area contributed by atoms with Crippen molar-refractivity contribution < 1.29 is 9.53 Å². The summed E-state index contributed by atoms with van der Waals surface area (Å²) in [4.78, 5) is 10.5. The van der Waals surface area contributed by atoms with Crippen LogP contribution >= 0.6 is 0 Å². The van der Waals surface area contributed by atoms with Gasteiger partial charge in [-0.05, 0) is 14.0 Å². The van der Waals surface area contributed by atoms with E-state index in [1.165, 1.54) is 7.05 Å². The number of carbonyl (C=O) groups excluding carboxylic acids is 1. The zero-order valence-corrected chi connectivity index (χ0v) is 6.89. The SMILES string of the molecule is CNC(=O)OC(=N)C(C)NC. The highest BCUT2D eigenvalue weighted by atomic mass is 16.6. The molecule has 0 radical (unpaired) electrons. The lowest BCUT2D eigenvalue weighted by Crippen LogP contribution is -2.35. The van der Waals surface area contributed by atoms with E-state index >= 15 is 0 Å². The van der Waals surface area contributed by atoms with Crippen molar-refractivity contribution in [3.8, 4) is 0 Å².